The van der Waals surface area contributed by atoms with Crippen molar-refractivity contribution in [1.29, 1.82) is 0 Å². The molecule has 3 amide bonds. The van der Waals surface area contributed by atoms with Crippen LogP contribution in [0.25, 0.3) is 21.9 Å². The van der Waals surface area contributed by atoms with Crippen molar-refractivity contribution in [3.63, 3.8) is 0 Å². The lowest BCUT2D eigenvalue weighted by Gasteiger charge is -2.40. The molecule has 2 aliphatic heterocycles. The number of para-hydroxylation sites is 1. The zero-order valence-corrected chi connectivity index (χ0v) is 34.2. The first-order valence-corrected chi connectivity index (χ1v) is 21.9. The standard InChI is InChI=1S/C41H46F3N9O6S/c1-49(26-16-18-51(19-17-26)31-7-5-8-32-37(31)50(2)40(57)53(32)33-14-15-36(54)47-39(33)56)22-24-10-12-27(13-11-24)52-23-25-20-30(34(60(3,58)59)21-29(25)48-52)46-38(55)28-6-4-9-35(45-28)41(42,43)44/h4-9,20-21,23-24,26-27,33H,10-19,22H2,1-3H3,(H,46,55)(H,47,54,56). The highest BCUT2D eigenvalue weighted by atomic mass is 32.2. The van der Waals surface area contributed by atoms with Crippen LogP contribution >= 0.6 is 0 Å². The third-order valence-corrected chi connectivity index (χ3v) is 13.4. The summed E-state index contributed by atoms with van der Waals surface area (Å²) in [5.41, 5.74) is 0.723. The van der Waals surface area contributed by atoms with Crippen molar-refractivity contribution >= 4 is 60.9 Å². The van der Waals surface area contributed by atoms with E-state index in [4.69, 9.17) is 5.10 Å². The second-order valence-electron chi connectivity index (χ2n) is 16.3. The summed E-state index contributed by atoms with van der Waals surface area (Å²) in [6.45, 7) is 2.55. The highest BCUT2D eigenvalue weighted by Gasteiger charge is 2.35. The van der Waals surface area contributed by atoms with Crippen LogP contribution in [0, 0.1) is 5.92 Å². The van der Waals surface area contributed by atoms with Crippen LogP contribution in [0.4, 0.5) is 24.5 Å². The van der Waals surface area contributed by atoms with E-state index >= 15 is 0 Å². The third-order valence-electron chi connectivity index (χ3n) is 12.3. The molecular weight excluding hydrogens is 804 g/mol. The van der Waals surface area contributed by atoms with Gasteiger partial charge in [-0.1, -0.05) is 12.1 Å². The van der Waals surface area contributed by atoms with E-state index in [9.17, 15) is 40.8 Å². The predicted molar refractivity (Wildman–Crippen MR) is 217 cm³/mol. The molecule has 1 atom stereocenters. The largest absolute Gasteiger partial charge is 0.433 e. The van der Waals surface area contributed by atoms with E-state index in [1.807, 2.05) is 29.1 Å². The maximum Gasteiger partial charge on any atom is 0.433 e. The van der Waals surface area contributed by atoms with E-state index in [1.165, 1.54) is 16.7 Å². The Kier molecular flexibility index (Phi) is 10.8. The lowest BCUT2D eigenvalue weighted by molar-refractivity contribution is -0.141. The van der Waals surface area contributed by atoms with Gasteiger partial charge >= 0.3 is 11.9 Å². The molecule has 3 aliphatic rings. The summed E-state index contributed by atoms with van der Waals surface area (Å²) in [6, 6.07) is 11.3. The number of halogens is 3. The fourth-order valence-electron chi connectivity index (χ4n) is 9.17. The number of rotatable bonds is 9. The summed E-state index contributed by atoms with van der Waals surface area (Å²) in [6.07, 6.45) is 4.09. The van der Waals surface area contributed by atoms with Crippen LogP contribution in [-0.2, 0) is 32.7 Å². The van der Waals surface area contributed by atoms with Crippen LogP contribution in [0.5, 0.6) is 0 Å². The van der Waals surface area contributed by atoms with Crippen LogP contribution in [0.3, 0.4) is 0 Å². The Hall–Kier alpha value is -5.56. The van der Waals surface area contributed by atoms with E-state index < -0.39 is 45.3 Å². The normalized spacial score (nSPS) is 20.9. The molecule has 15 nitrogen and oxygen atoms in total. The first kappa shape index (κ1) is 41.2. The Morgan fingerprint density at radius 2 is 1.70 bits per heavy atom. The lowest BCUT2D eigenvalue weighted by Crippen LogP contribution is -2.45. The quantitative estimate of drug-likeness (QED) is 0.191. The average molecular weight is 850 g/mol. The molecule has 19 heteroatoms. The summed E-state index contributed by atoms with van der Waals surface area (Å²) in [4.78, 5) is 58.9. The van der Waals surface area contributed by atoms with Crippen molar-refractivity contribution in [1.82, 2.24) is 34.1 Å². The molecule has 1 aliphatic carbocycles. The Morgan fingerprint density at radius 3 is 2.38 bits per heavy atom. The fourth-order valence-corrected chi connectivity index (χ4v) is 10.0. The zero-order valence-electron chi connectivity index (χ0n) is 33.4. The fraction of sp³-hybridized carbons (Fsp3) is 0.463. The topological polar surface area (TPSA) is 174 Å². The highest BCUT2D eigenvalue weighted by molar-refractivity contribution is 7.90. The summed E-state index contributed by atoms with van der Waals surface area (Å²) >= 11 is 0. The molecule has 2 saturated heterocycles. The van der Waals surface area contributed by atoms with Crippen molar-refractivity contribution in [2.45, 2.75) is 80.6 Å². The number of amides is 3. The number of benzene rings is 2. The van der Waals surface area contributed by atoms with Crippen molar-refractivity contribution < 1.29 is 36.0 Å². The number of carbonyl (C=O) groups is 3. The molecule has 0 bridgehead atoms. The molecule has 318 valence electrons. The number of sulfone groups is 1. The van der Waals surface area contributed by atoms with Gasteiger partial charge in [0.2, 0.25) is 11.8 Å². The molecular formula is C41H46F3N9O6S. The second-order valence-corrected chi connectivity index (χ2v) is 18.3. The van der Waals surface area contributed by atoms with Gasteiger partial charge in [-0.05, 0) is 94.3 Å². The number of hydrogen-bond donors (Lipinski definition) is 2. The van der Waals surface area contributed by atoms with Gasteiger partial charge < -0.3 is 15.1 Å². The minimum absolute atomic E-state index is 0.0714. The van der Waals surface area contributed by atoms with Crippen LogP contribution in [-0.4, -0.2) is 93.9 Å². The van der Waals surface area contributed by atoms with Crippen LogP contribution in [0.1, 0.15) is 79.6 Å². The van der Waals surface area contributed by atoms with Crippen molar-refractivity contribution in [2.75, 3.05) is 43.2 Å². The maximum absolute atomic E-state index is 13.5. The van der Waals surface area contributed by atoms with Gasteiger partial charge in [-0.15, -0.1) is 0 Å². The van der Waals surface area contributed by atoms with Crippen molar-refractivity contribution in [2.24, 2.45) is 13.0 Å². The van der Waals surface area contributed by atoms with Crippen molar-refractivity contribution in [3.05, 3.63) is 76.6 Å². The van der Waals surface area contributed by atoms with Gasteiger partial charge in [0, 0.05) is 57.0 Å². The van der Waals surface area contributed by atoms with Crippen LogP contribution in [0.2, 0.25) is 0 Å². The minimum Gasteiger partial charge on any atom is -0.370 e. The van der Waals surface area contributed by atoms with Crippen LogP contribution < -0.4 is 21.2 Å². The molecule has 2 N–H and O–H groups in total. The Morgan fingerprint density at radius 1 is 0.983 bits per heavy atom. The van der Waals surface area contributed by atoms with Gasteiger partial charge in [-0.3, -0.25) is 33.5 Å². The Labute approximate surface area is 343 Å². The van der Waals surface area contributed by atoms with E-state index in [-0.39, 0.29) is 41.1 Å². The number of pyridine rings is 1. The second kappa shape index (κ2) is 15.8. The molecule has 60 heavy (non-hydrogen) atoms. The Balaban J connectivity index is 0.887. The molecule has 5 aromatic rings. The van der Waals surface area contributed by atoms with Gasteiger partial charge in [0.1, 0.15) is 17.4 Å². The summed E-state index contributed by atoms with van der Waals surface area (Å²) in [5, 5.41) is 10.1. The van der Waals surface area contributed by atoms with Gasteiger partial charge in [0.05, 0.1) is 38.9 Å². The number of imide groups is 1. The summed E-state index contributed by atoms with van der Waals surface area (Å²) < 4.78 is 70.2. The molecule has 2 aromatic carbocycles. The monoisotopic (exact) mass is 849 g/mol. The molecule has 3 fully saturated rings. The number of fused-ring (bicyclic) bond motifs is 2. The number of anilines is 2. The highest BCUT2D eigenvalue weighted by Crippen LogP contribution is 2.37. The number of nitrogens with one attached hydrogen (secondary N) is 2. The minimum atomic E-state index is -4.75. The average Bonchev–Trinajstić information content (AvgIpc) is 3.74. The molecule has 0 radical (unpaired) electrons. The number of carbonyl (C=O) groups excluding carboxylic acids is 3. The van der Waals surface area contributed by atoms with Gasteiger partial charge in [0.15, 0.2) is 9.84 Å². The van der Waals surface area contributed by atoms with Gasteiger partial charge in [-0.2, -0.15) is 18.3 Å². The molecule has 0 spiro atoms. The maximum atomic E-state index is 13.5. The lowest BCUT2D eigenvalue weighted by atomic mass is 9.85. The Bertz CT molecular complexity index is 2670. The molecule has 3 aromatic heterocycles. The summed E-state index contributed by atoms with van der Waals surface area (Å²) in [5.74, 6) is -1.28. The zero-order chi connectivity index (χ0) is 42.7. The molecule has 5 heterocycles. The smallest absolute Gasteiger partial charge is 0.370 e. The van der Waals surface area contributed by atoms with Gasteiger partial charge in [0.25, 0.3) is 5.91 Å². The number of imidazole rings is 1. The number of aromatic nitrogens is 5. The SMILES string of the molecule is CN(CC1CCC(n2cc3cc(NC(=O)c4cccc(C(F)(F)F)n4)c(S(C)(=O)=O)cc3n2)CC1)C1CCN(c2cccc3c2n(C)c(=O)n3C2CCC(=O)NC2=O)CC1. The number of alkyl halides is 3. The third kappa shape index (κ3) is 8.03. The van der Waals surface area contributed by atoms with Crippen molar-refractivity contribution in [3.8, 4) is 0 Å². The van der Waals surface area contributed by atoms with Crippen LogP contribution in [0.15, 0.2) is 64.4 Å². The number of aryl methyl sites for hydroxylation is 1. The number of piperidine rings is 2. The number of nitrogens with zero attached hydrogens (tertiary/aromatic N) is 7. The van der Waals surface area contributed by atoms with E-state index in [1.54, 1.807) is 11.6 Å². The summed E-state index contributed by atoms with van der Waals surface area (Å²) in [7, 11) is 0.0303. The first-order chi connectivity index (χ1) is 28.5. The molecule has 8 rings (SSSR count). The van der Waals surface area contributed by atoms with E-state index in [0.29, 0.717) is 28.4 Å². The molecule has 1 unspecified atom stereocenters. The van der Waals surface area contributed by atoms with E-state index in [0.717, 1.165) is 93.8 Å². The van der Waals surface area contributed by atoms with E-state index in [2.05, 4.69) is 32.5 Å². The molecule has 1 saturated carbocycles. The first-order valence-electron chi connectivity index (χ1n) is 20.0. The number of hydrogen-bond acceptors (Lipinski definition) is 10. The predicted octanol–water partition coefficient (Wildman–Crippen LogP) is 5.07. The van der Waals surface area contributed by atoms with Gasteiger partial charge in [-0.25, -0.2) is 18.2 Å².